The van der Waals surface area contributed by atoms with Gasteiger partial charge in [0.1, 0.15) is 0 Å². The summed E-state index contributed by atoms with van der Waals surface area (Å²) < 4.78 is 1.24. The van der Waals surface area contributed by atoms with Crippen molar-refractivity contribution < 1.29 is 0 Å². The molecular formula is C8H10BrP. The van der Waals surface area contributed by atoms with Crippen LogP contribution < -0.4 is 5.30 Å². The second kappa shape index (κ2) is 3.50. The molecule has 0 spiro atoms. The summed E-state index contributed by atoms with van der Waals surface area (Å²) in [6.45, 7) is 4.52. The second-order valence-corrected chi connectivity index (χ2v) is 5.47. The van der Waals surface area contributed by atoms with Gasteiger partial charge in [-0.25, -0.2) is 0 Å². The van der Waals surface area contributed by atoms with Crippen LogP contribution in [0.5, 0.6) is 0 Å². The predicted molar refractivity (Wildman–Crippen MR) is 52.5 cm³/mol. The van der Waals surface area contributed by atoms with Crippen LogP contribution in [0.1, 0.15) is 0 Å². The van der Waals surface area contributed by atoms with Crippen molar-refractivity contribution in [1.82, 2.24) is 0 Å². The van der Waals surface area contributed by atoms with Crippen molar-refractivity contribution in [2.24, 2.45) is 0 Å². The first-order chi connectivity index (χ1) is 4.72. The Bertz CT molecular complexity index is 220. The van der Waals surface area contributed by atoms with Gasteiger partial charge in [0.2, 0.25) is 0 Å². The molecule has 0 saturated heterocycles. The summed E-state index contributed by atoms with van der Waals surface area (Å²) in [4.78, 5) is 0. The molecule has 1 aromatic rings. The Morgan fingerprint density at radius 2 is 1.80 bits per heavy atom. The van der Waals surface area contributed by atoms with Crippen LogP contribution in [0.25, 0.3) is 0 Å². The Morgan fingerprint density at radius 1 is 1.20 bits per heavy atom. The fourth-order valence-corrected chi connectivity index (χ4v) is 3.05. The SMILES string of the molecule is CP(C)c1ccccc1Br. The molecule has 10 heavy (non-hydrogen) atoms. The van der Waals surface area contributed by atoms with E-state index >= 15 is 0 Å². The molecule has 0 aromatic heterocycles. The van der Waals surface area contributed by atoms with Crippen LogP contribution in [0, 0.1) is 0 Å². The average molecular weight is 217 g/mol. The maximum Gasteiger partial charge on any atom is 0.0251 e. The highest BCUT2D eigenvalue weighted by Crippen LogP contribution is 2.27. The van der Waals surface area contributed by atoms with Crippen molar-refractivity contribution in [3.63, 3.8) is 0 Å². The van der Waals surface area contributed by atoms with E-state index in [0.717, 1.165) is 0 Å². The van der Waals surface area contributed by atoms with Gasteiger partial charge in [-0.05, 0) is 24.7 Å². The Morgan fingerprint density at radius 3 is 2.20 bits per heavy atom. The van der Waals surface area contributed by atoms with E-state index in [1.54, 1.807) is 0 Å². The molecule has 0 aliphatic rings. The molecule has 2 heteroatoms. The Balaban J connectivity index is 3.03. The van der Waals surface area contributed by atoms with E-state index < -0.39 is 0 Å². The number of benzene rings is 1. The highest BCUT2D eigenvalue weighted by atomic mass is 79.9. The molecule has 1 aromatic carbocycles. The number of rotatable bonds is 1. The summed E-state index contributed by atoms with van der Waals surface area (Å²) in [6.07, 6.45) is 0. The average Bonchev–Trinajstić information content (AvgIpc) is 1.88. The van der Waals surface area contributed by atoms with Gasteiger partial charge in [-0.2, -0.15) is 0 Å². The lowest BCUT2D eigenvalue weighted by atomic mass is 10.4. The van der Waals surface area contributed by atoms with E-state index in [1.807, 2.05) is 6.07 Å². The van der Waals surface area contributed by atoms with E-state index in [0.29, 0.717) is 0 Å². The van der Waals surface area contributed by atoms with Gasteiger partial charge in [-0.1, -0.05) is 42.1 Å². The first kappa shape index (κ1) is 8.23. The normalized spacial score (nSPS) is 10.4. The van der Waals surface area contributed by atoms with Gasteiger partial charge >= 0.3 is 0 Å². The molecule has 54 valence electrons. The molecule has 0 atom stereocenters. The Kier molecular flexibility index (Phi) is 2.88. The summed E-state index contributed by atoms with van der Waals surface area (Å²) in [7, 11) is 0.0367. The van der Waals surface area contributed by atoms with Crippen LogP contribution in [0.15, 0.2) is 28.7 Å². The maximum absolute atomic E-state index is 3.51. The van der Waals surface area contributed by atoms with Gasteiger partial charge in [0, 0.05) is 4.47 Å². The summed E-state index contributed by atoms with van der Waals surface area (Å²) in [5.74, 6) is 0. The molecule has 0 amide bonds. The highest BCUT2D eigenvalue weighted by molar-refractivity contribution is 9.10. The summed E-state index contributed by atoms with van der Waals surface area (Å²) in [5, 5.41) is 1.44. The molecule has 0 N–H and O–H groups in total. The first-order valence-electron chi connectivity index (χ1n) is 3.13. The van der Waals surface area contributed by atoms with Crippen LogP contribution in [0.4, 0.5) is 0 Å². The minimum absolute atomic E-state index is 0.0367. The van der Waals surface area contributed by atoms with Crippen LogP contribution in [0.2, 0.25) is 0 Å². The molecule has 0 nitrogen and oxygen atoms in total. The van der Waals surface area contributed by atoms with Crippen molar-refractivity contribution in [3.8, 4) is 0 Å². The number of hydrogen-bond donors (Lipinski definition) is 0. The van der Waals surface area contributed by atoms with Crippen molar-refractivity contribution in [2.45, 2.75) is 0 Å². The van der Waals surface area contributed by atoms with Crippen LogP contribution in [0.3, 0.4) is 0 Å². The molecule has 0 unspecified atom stereocenters. The zero-order chi connectivity index (χ0) is 7.56. The van der Waals surface area contributed by atoms with Crippen molar-refractivity contribution in [3.05, 3.63) is 28.7 Å². The third kappa shape index (κ3) is 1.81. The van der Waals surface area contributed by atoms with Crippen LogP contribution in [-0.2, 0) is 0 Å². The van der Waals surface area contributed by atoms with E-state index in [2.05, 4.69) is 47.5 Å². The largest absolute Gasteiger partial charge is 0.0805 e. The van der Waals surface area contributed by atoms with Crippen LogP contribution >= 0.6 is 23.9 Å². The molecule has 0 saturated carbocycles. The Labute approximate surface area is 71.5 Å². The quantitative estimate of drug-likeness (QED) is 0.634. The van der Waals surface area contributed by atoms with Gasteiger partial charge < -0.3 is 0 Å². The van der Waals surface area contributed by atoms with E-state index in [-0.39, 0.29) is 7.92 Å². The third-order valence-corrected chi connectivity index (χ3v) is 3.69. The van der Waals surface area contributed by atoms with Gasteiger partial charge in [0.25, 0.3) is 0 Å². The standard InChI is InChI=1S/C8H10BrP/c1-10(2)8-6-4-3-5-7(8)9/h3-6H,1-2H3. The minimum Gasteiger partial charge on any atom is -0.0805 e. The molecule has 0 bridgehead atoms. The zero-order valence-electron chi connectivity index (χ0n) is 6.13. The molecule has 0 heterocycles. The minimum atomic E-state index is 0.0367. The third-order valence-electron chi connectivity index (χ3n) is 1.33. The predicted octanol–water partition coefficient (Wildman–Crippen LogP) is 2.82. The lowest BCUT2D eigenvalue weighted by molar-refractivity contribution is 1.71. The smallest absolute Gasteiger partial charge is 0.0251 e. The van der Waals surface area contributed by atoms with Crippen molar-refractivity contribution in [2.75, 3.05) is 13.3 Å². The number of hydrogen-bond acceptors (Lipinski definition) is 0. The molecule has 0 aliphatic heterocycles. The lowest BCUT2D eigenvalue weighted by Gasteiger charge is -2.06. The first-order valence-corrected chi connectivity index (χ1v) is 6.16. The molecule has 1 rings (SSSR count). The Hall–Kier alpha value is 0.130. The molecule has 0 aliphatic carbocycles. The lowest BCUT2D eigenvalue weighted by Crippen LogP contribution is -1.99. The topological polar surface area (TPSA) is 0 Å². The van der Waals surface area contributed by atoms with Crippen molar-refractivity contribution >= 4 is 29.2 Å². The van der Waals surface area contributed by atoms with Gasteiger partial charge in [0.05, 0.1) is 0 Å². The summed E-state index contributed by atoms with van der Waals surface area (Å²) >= 11 is 3.51. The highest BCUT2D eigenvalue weighted by Gasteiger charge is 2.00. The molecule has 0 fully saturated rings. The fourth-order valence-electron chi connectivity index (χ4n) is 0.814. The zero-order valence-corrected chi connectivity index (χ0v) is 8.62. The van der Waals surface area contributed by atoms with Crippen molar-refractivity contribution in [1.29, 1.82) is 0 Å². The molecule has 0 radical (unpaired) electrons. The summed E-state index contributed by atoms with van der Waals surface area (Å²) in [6, 6.07) is 8.41. The van der Waals surface area contributed by atoms with Gasteiger partial charge in [0.15, 0.2) is 0 Å². The maximum atomic E-state index is 3.51. The number of halogens is 1. The fraction of sp³-hybridized carbons (Fsp3) is 0.250. The van der Waals surface area contributed by atoms with E-state index in [9.17, 15) is 0 Å². The van der Waals surface area contributed by atoms with E-state index in [4.69, 9.17) is 0 Å². The van der Waals surface area contributed by atoms with Crippen LogP contribution in [-0.4, -0.2) is 13.3 Å². The summed E-state index contributed by atoms with van der Waals surface area (Å²) in [5.41, 5.74) is 0. The monoisotopic (exact) mass is 216 g/mol. The second-order valence-electron chi connectivity index (χ2n) is 2.35. The molecular weight excluding hydrogens is 207 g/mol. The van der Waals surface area contributed by atoms with E-state index in [1.165, 1.54) is 9.78 Å². The van der Waals surface area contributed by atoms with Gasteiger partial charge in [-0.3, -0.25) is 0 Å². The van der Waals surface area contributed by atoms with Gasteiger partial charge in [-0.15, -0.1) is 0 Å².